The Morgan fingerprint density at radius 1 is 0.735 bits per heavy atom. The van der Waals surface area contributed by atoms with E-state index in [-0.39, 0.29) is 25.4 Å². The number of rotatable bonds is 9. The molecule has 0 radical (unpaired) electrons. The number of esters is 2. The van der Waals surface area contributed by atoms with Crippen LogP contribution in [0.2, 0.25) is 0 Å². The lowest BCUT2D eigenvalue weighted by atomic mass is 9.77. The molecule has 0 aromatic heterocycles. The topological polar surface area (TPSA) is 97.4 Å². The summed E-state index contributed by atoms with van der Waals surface area (Å²) in [5.74, 6) is -1.11. The molecule has 0 saturated carbocycles. The zero-order chi connectivity index (χ0) is 24.7. The minimum atomic E-state index is -1.97. The molecule has 0 spiro atoms. The van der Waals surface area contributed by atoms with Gasteiger partial charge in [-0.05, 0) is 43.5 Å². The molecule has 0 saturated heterocycles. The Kier molecular flexibility index (Phi) is 7.94. The summed E-state index contributed by atoms with van der Waals surface area (Å²) in [5.41, 5.74) is 0.383. The third kappa shape index (κ3) is 4.23. The van der Waals surface area contributed by atoms with E-state index in [2.05, 4.69) is 0 Å². The maximum atomic E-state index is 13.6. The number of fused-ring (bicyclic) bond motifs is 1. The Balaban J connectivity index is 2.39. The van der Waals surface area contributed by atoms with Crippen molar-refractivity contribution in [1.82, 2.24) is 0 Å². The van der Waals surface area contributed by atoms with Gasteiger partial charge in [0.2, 0.25) is 5.41 Å². The first-order valence-corrected chi connectivity index (χ1v) is 11.1. The van der Waals surface area contributed by atoms with Crippen LogP contribution in [0.1, 0.15) is 37.5 Å². The fraction of sp³-hybridized carbons (Fsp3) is 0.346. The molecule has 2 aromatic rings. The Morgan fingerprint density at radius 3 is 1.88 bits per heavy atom. The average molecular weight is 469 g/mol. The monoisotopic (exact) mass is 468 g/mol. The summed E-state index contributed by atoms with van der Waals surface area (Å²) in [6.07, 6.45) is -0.924. The van der Waals surface area contributed by atoms with E-state index in [1.165, 1.54) is 7.11 Å². The van der Waals surface area contributed by atoms with Crippen LogP contribution < -0.4 is 4.74 Å². The lowest BCUT2D eigenvalue weighted by Gasteiger charge is -2.29. The molecule has 8 nitrogen and oxygen atoms in total. The van der Waals surface area contributed by atoms with Gasteiger partial charge in [0.15, 0.2) is 0 Å². The van der Waals surface area contributed by atoms with Crippen LogP contribution in [-0.4, -0.2) is 51.6 Å². The number of benzene rings is 2. The average Bonchev–Trinajstić information content (AvgIpc) is 3.14. The second-order valence-electron chi connectivity index (χ2n) is 7.26. The van der Waals surface area contributed by atoms with E-state index in [1.54, 1.807) is 51.1 Å². The van der Waals surface area contributed by atoms with Crippen LogP contribution in [0.3, 0.4) is 0 Å². The molecule has 0 N–H and O–H groups in total. The van der Waals surface area contributed by atoms with Gasteiger partial charge in [0.1, 0.15) is 12.4 Å². The summed E-state index contributed by atoms with van der Waals surface area (Å²) < 4.78 is 26.6. The number of ether oxygens (including phenoxy) is 5. The van der Waals surface area contributed by atoms with Gasteiger partial charge in [-0.25, -0.2) is 4.79 Å². The Hall–Kier alpha value is -3.81. The highest BCUT2D eigenvalue weighted by molar-refractivity contribution is 6.16. The van der Waals surface area contributed by atoms with Crippen molar-refractivity contribution in [2.45, 2.75) is 26.2 Å². The molecule has 0 fully saturated rings. The smallest absolute Gasteiger partial charge is 0.496 e. The number of carbonyl (C=O) groups excluding carboxylic acids is 3. The molecule has 1 aliphatic carbocycles. The normalized spacial score (nSPS) is 13.6. The molecule has 0 atom stereocenters. The first-order valence-electron chi connectivity index (χ1n) is 11.1. The van der Waals surface area contributed by atoms with E-state index >= 15 is 0 Å². The molecule has 34 heavy (non-hydrogen) atoms. The van der Waals surface area contributed by atoms with Gasteiger partial charge < -0.3 is 23.7 Å². The summed E-state index contributed by atoms with van der Waals surface area (Å²) in [6, 6.07) is 14.2. The van der Waals surface area contributed by atoms with Crippen molar-refractivity contribution in [2.24, 2.45) is 0 Å². The quantitative estimate of drug-likeness (QED) is 0.309. The van der Waals surface area contributed by atoms with E-state index in [1.807, 2.05) is 18.2 Å². The number of hydrogen-bond acceptors (Lipinski definition) is 8. The summed E-state index contributed by atoms with van der Waals surface area (Å²) in [7, 11) is 1.53. The second-order valence-corrected chi connectivity index (χ2v) is 7.26. The summed E-state index contributed by atoms with van der Waals surface area (Å²) >= 11 is 0. The van der Waals surface area contributed by atoms with Gasteiger partial charge in [-0.2, -0.15) is 0 Å². The van der Waals surface area contributed by atoms with Crippen molar-refractivity contribution in [3.63, 3.8) is 0 Å². The third-order valence-electron chi connectivity index (χ3n) is 5.49. The van der Waals surface area contributed by atoms with Crippen molar-refractivity contribution in [2.75, 3.05) is 33.5 Å². The molecular formula is C26H28O8. The Labute approximate surface area is 198 Å². The van der Waals surface area contributed by atoms with Crippen LogP contribution in [0.5, 0.6) is 5.75 Å². The van der Waals surface area contributed by atoms with Gasteiger partial charge >= 0.3 is 18.1 Å². The molecular weight excluding hydrogens is 440 g/mol. The van der Waals surface area contributed by atoms with Crippen molar-refractivity contribution >= 4 is 23.7 Å². The highest BCUT2D eigenvalue weighted by atomic mass is 16.7. The van der Waals surface area contributed by atoms with E-state index in [0.717, 1.165) is 0 Å². The fourth-order valence-corrected chi connectivity index (χ4v) is 4.20. The molecule has 3 rings (SSSR count). The molecule has 8 heteroatoms. The molecule has 2 aromatic carbocycles. The van der Waals surface area contributed by atoms with Crippen molar-refractivity contribution in [3.05, 3.63) is 70.8 Å². The standard InChI is InChI=1S/C26H28O8/c1-5-31-23(27)26(24(28)32-6-2)19-14-10-8-12-17(19)22(18-13-9-11-15-21(18)30-4)20(26)16-34-25(29)33-7-3/h8-15H,5-7,16H2,1-4H3. The lowest BCUT2D eigenvalue weighted by Crippen LogP contribution is -2.47. The van der Waals surface area contributed by atoms with Crippen molar-refractivity contribution in [1.29, 1.82) is 0 Å². The van der Waals surface area contributed by atoms with Gasteiger partial charge in [-0.15, -0.1) is 0 Å². The maximum absolute atomic E-state index is 13.6. The van der Waals surface area contributed by atoms with Gasteiger partial charge in [-0.1, -0.05) is 42.5 Å². The van der Waals surface area contributed by atoms with E-state index < -0.39 is 30.1 Å². The second kappa shape index (κ2) is 10.9. The Bertz CT molecular complexity index is 1080. The third-order valence-corrected chi connectivity index (χ3v) is 5.49. The van der Waals surface area contributed by atoms with Gasteiger partial charge in [0.25, 0.3) is 0 Å². The zero-order valence-corrected chi connectivity index (χ0v) is 19.7. The van der Waals surface area contributed by atoms with Crippen LogP contribution in [0.15, 0.2) is 54.1 Å². The first-order chi connectivity index (χ1) is 16.5. The van der Waals surface area contributed by atoms with Crippen molar-refractivity contribution in [3.8, 4) is 5.75 Å². The van der Waals surface area contributed by atoms with E-state index in [0.29, 0.717) is 28.0 Å². The summed E-state index contributed by atoms with van der Waals surface area (Å²) in [4.78, 5) is 39.3. The number of para-hydroxylation sites is 1. The summed E-state index contributed by atoms with van der Waals surface area (Å²) in [6.45, 7) is 4.73. The molecule has 180 valence electrons. The highest BCUT2D eigenvalue weighted by Crippen LogP contribution is 2.52. The highest BCUT2D eigenvalue weighted by Gasteiger charge is 2.59. The van der Waals surface area contributed by atoms with E-state index in [4.69, 9.17) is 23.7 Å². The zero-order valence-electron chi connectivity index (χ0n) is 19.7. The van der Waals surface area contributed by atoms with Crippen LogP contribution >= 0.6 is 0 Å². The van der Waals surface area contributed by atoms with Gasteiger partial charge in [-0.3, -0.25) is 9.59 Å². The SMILES string of the molecule is CCOC(=O)OCC1=C(c2ccccc2OC)c2ccccc2C1(C(=O)OCC)C(=O)OCC. The lowest BCUT2D eigenvalue weighted by molar-refractivity contribution is -0.162. The molecule has 1 aliphatic rings. The number of carbonyl (C=O) groups is 3. The molecule has 0 heterocycles. The minimum absolute atomic E-state index is 0.0398. The largest absolute Gasteiger partial charge is 0.508 e. The molecule has 0 aliphatic heterocycles. The van der Waals surface area contributed by atoms with E-state index in [9.17, 15) is 14.4 Å². The van der Waals surface area contributed by atoms with Crippen LogP contribution in [0.25, 0.3) is 5.57 Å². The number of methoxy groups -OCH3 is 1. The molecule has 0 amide bonds. The maximum Gasteiger partial charge on any atom is 0.508 e. The molecule has 0 bridgehead atoms. The van der Waals surface area contributed by atoms with Crippen molar-refractivity contribution < 1.29 is 38.1 Å². The van der Waals surface area contributed by atoms with Crippen LogP contribution in [-0.2, 0) is 34.0 Å². The van der Waals surface area contributed by atoms with Gasteiger partial charge in [0, 0.05) is 11.1 Å². The Morgan fingerprint density at radius 2 is 1.29 bits per heavy atom. The van der Waals surface area contributed by atoms with Crippen LogP contribution in [0, 0.1) is 0 Å². The minimum Gasteiger partial charge on any atom is -0.496 e. The number of hydrogen-bond donors (Lipinski definition) is 0. The predicted molar refractivity (Wildman–Crippen MR) is 123 cm³/mol. The fourth-order valence-electron chi connectivity index (χ4n) is 4.20. The molecule has 0 unspecified atom stereocenters. The summed E-state index contributed by atoms with van der Waals surface area (Å²) in [5, 5.41) is 0. The first kappa shape index (κ1) is 24.8. The predicted octanol–water partition coefficient (Wildman–Crippen LogP) is 4.05. The van der Waals surface area contributed by atoms with Crippen LogP contribution in [0.4, 0.5) is 4.79 Å². The van der Waals surface area contributed by atoms with Gasteiger partial charge in [0.05, 0.1) is 26.9 Å².